The third-order valence-electron chi connectivity index (χ3n) is 2.90. The van der Waals surface area contributed by atoms with Crippen LogP contribution in [0, 0.1) is 5.92 Å². The molecule has 2 heterocycles. The van der Waals surface area contributed by atoms with Crippen LogP contribution in [0.2, 0.25) is 0 Å². The maximum atomic E-state index is 9.11. The van der Waals surface area contributed by atoms with Gasteiger partial charge in [-0.25, -0.2) is 0 Å². The lowest BCUT2D eigenvalue weighted by molar-refractivity contribution is 0.176. The van der Waals surface area contributed by atoms with E-state index in [4.69, 9.17) is 5.11 Å². The highest BCUT2D eigenvalue weighted by Gasteiger charge is 2.22. The van der Waals surface area contributed by atoms with Gasteiger partial charge in [0.05, 0.1) is 6.20 Å². The molecule has 1 aromatic heterocycles. The van der Waals surface area contributed by atoms with E-state index in [9.17, 15) is 0 Å². The van der Waals surface area contributed by atoms with Gasteiger partial charge in [0, 0.05) is 31.5 Å². The van der Waals surface area contributed by atoms with Crippen molar-refractivity contribution in [3.63, 3.8) is 0 Å². The number of nitrogens with one attached hydrogen (secondary N) is 1. The SMILES string of the molecule is Cn1cc(C2CC(CO)CCN2)cn1. The molecule has 0 spiro atoms. The number of aryl methyl sites for hydroxylation is 1. The second-order valence-electron chi connectivity index (χ2n) is 4.03. The zero-order valence-corrected chi connectivity index (χ0v) is 8.48. The molecule has 1 aromatic rings. The van der Waals surface area contributed by atoms with E-state index in [0.29, 0.717) is 18.6 Å². The number of hydrogen-bond acceptors (Lipinski definition) is 3. The lowest BCUT2D eigenvalue weighted by Gasteiger charge is -2.28. The molecule has 1 aliphatic heterocycles. The zero-order valence-electron chi connectivity index (χ0n) is 8.48. The largest absolute Gasteiger partial charge is 0.396 e. The highest BCUT2D eigenvalue weighted by molar-refractivity contribution is 5.11. The molecule has 0 radical (unpaired) electrons. The Balaban J connectivity index is 2.04. The topological polar surface area (TPSA) is 50.1 Å². The molecule has 1 fully saturated rings. The molecule has 1 saturated heterocycles. The fourth-order valence-electron chi connectivity index (χ4n) is 2.04. The molecule has 2 unspecified atom stereocenters. The Hall–Kier alpha value is -0.870. The number of aromatic nitrogens is 2. The van der Waals surface area contributed by atoms with Gasteiger partial charge in [-0.05, 0) is 25.3 Å². The molecule has 2 rings (SSSR count). The number of piperidine rings is 1. The molecule has 4 heteroatoms. The third kappa shape index (κ3) is 1.96. The highest BCUT2D eigenvalue weighted by atomic mass is 16.3. The number of aliphatic hydroxyl groups is 1. The van der Waals surface area contributed by atoms with Crippen LogP contribution in [0.4, 0.5) is 0 Å². The highest BCUT2D eigenvalue weighted by Crippen LogP contribution is 2.26. The van der Waals surface area contributed by atoms with E-state index in [1.165, 1.54) is 5.56 Å². The van der Waals surface area contributed by atoms with Crippen molar-refractivity contribution in [3.05, 3.63) is 18.0 Å². The van der Waals surface area contributed by atoms with Crippen LogP contribution in [-0.2, 0) is 7.05 Å². The van der Waals surface area contributed by atoms with Crippen molar-refractivity contribution in [2.24, 2.45) is 13.0 Å². The van der Waals surface area contributed by atoms with Crippen LogP contribution < -0.4 is 5.32 Å². The first-order chi connectivity index (χ1) is 6.79. The normalized spacial score (nSPS) is 27.9. The van der Waals surface area contributed by atoms with Gasteiger partial charge < -0.3 is 10.4 Å². The number of nitrogens with zero attached hydrogens (tertiary/aromatic N) is 2. The van der Waals surface area contributed by atoms with E-state index in [-0.39, 0.29) is 0 Å². The van der Waals surface area contributed by atoms with Crippen LogP contribution in [0.5, 0.6) is 0 Å². The fraction of sp³-hybridized carbons (Fsp3) is 0.700. The quantitative estimate of drug-likeness (QED) is 0.720. The number of aliphatic hydroxyl groups excluding tert-OH is 1. The summed E-state index contributed by atoms with van der Waals surface area (Å²) in [5.74, 6) is 0.446. The van der Waals surface area contributed by atoms with Gasteiger partial charge in [-0.3, -0.25) is 4.68 Å². The summed E-state index contributed by atoms with van der Waals surface area (Å²) in [5.41, 5.74) is 1.23. The Kier molecular flexibility index (Phi) is 2.84. The number of hydrogen-bond donors (Lipinski definition) is 2. The number of rotatable bonds is 2. The van der Waals surface area contributed by atoms with E-state index in [1.807, 2.05) is 24.1 Å². The van der Waals surface area contributed by atoms with Crippen molar-refractivity contribution in [3.8, 4) is 0 Å². The first kappa shape index (κ1) is 9.68. The van der Waals surface area contributed by atoms with E-state index >= 15 is 0 Å². The fourth-order valence-corrected chi connectivity index (χ4v) is 2.04. The van der Waals surface area contributed by atoms with E-state index in [2.05, 4.69) is 10.4 Å². The van der Waals surface area contributed by atoms with Crippen molar-refractivity contribution in [1.82, 2.24) is 15.1 Å². The van der Waals surface area contributed by atoms with Crippen molar-refractivity contribution >= 4 is 0 Å². The summed E-state index contributed by atoms with van der Waals surface area (Å²) >= 11 is 0. The zero-order chi connectivity index (χ0) is 9.97. The summed E-state index contributed by atoms with van der Waals surface area (Å²) in [5, 5.41) is 16.7. The Labute approximate surface area is 83.9 Å². The molecule has 0 amide bonds. The molecule has 0 saturated carbocycles. The predicted octanol–water partition coefficient (Wildman–Crippen LogP) is 0.453. The Morgan fingerprint density at radius 2 is 2.57 bits per heavy atom. The standard InChI is InChI=1S/C10H17N3O/c1-13-6-9(5-12-13)10-4-8(7-14)2-3-11-10/h5-6,8,10-11,14H,2-4,7H2,1H3. The first-order valence-electron chi connectivity index (χ1n) is 5.12. The minimum Gasteiger partial charge on any atom is -0.396 e. The average Bonchev–Trinajstić information content (AvgIpc) is 2.65. The summed E-state index contributed by atoms with van der Waals surface area (Å²) in [6.07, 6.45) is 6.03. The maximum absolute atomic E-state index is 9.11. The van der Waals surface area contributed by atoms with Crippen LogP contribution in [0.25, 0.3) is 0 Å². The molecule has 0 aromatic carbocycles. The molecule has 0 aliphatic carbocycles. The molecule has 0 bridgehead atoms. The molecule has 2 N–H and O–H groups in total. The molecule has 14 heavy (non-hydrogen) atoms. The Morgan fingerprint density at radius 1 is 1.71 bits per heavy atom. The van der Waals surface area contributed by atoms with Crippen LogP contribution in [0.3, 0.4) is 0 Å². The van der Waals surface area contributed by atoms with Crippen LogP contribution in [0.1, 0.15) is 24.4 Å². The molecule has 1 aliphatic rings. The second-order valence-corrected chi connectivity index (χ2v) is 4.03. The van der Waals surface area contributed by atoms with Crippen LogP contribution in [-0.4, -0.2) is 28.0 Å². The monoisotopic (exact) mass is 195 g/mol. The minimum atomic E-state index is 0.304. The summed E-state index contributed by atoms with van der Waals surface area (Å²) in [7, 11) is 1.93. The Morgan fingerprint density at radius 3 is 3.21 bits per heavy atom. The van der Waals surface area contributed by atoms with Gasteiger partial charge >= 0.3 is 0 Å². The van der Waals surface area contributed by atoms with Gasteiger partial charge in [0.15, 0.2) is 0 Å². The summed E-state index contributed by atoms with van der Waals surface area (Å²) < 4.78 is 1.82. The van der Waals surface area contributed by atoms with Gasteiger partial charge in [-0.1, -0.05) is 0 Å². The maximum Gasteiger partial charge on any atom is 0.0537 e. The third-order valence-corrected chi connectivity index (χ3v) is 2.90. The molecule has 4 nitrogen and oxygen atoms in total. The van der Waals surface area contributed by atoms with Crippen LogP contribution in [0.15, 0.2) is 12.4 Å². The minimum absolute atomic E-state index is 0.304. The molecule has 78 valence electrons. The first-order valence-corrected chi connectivity index (χ1v) is 5.12. The van der Waals surface area contributed by atoms with Gasteiger partial charge in [-0.2, -0.15) is 5.10 Å². The lowest BCUT2D eigenvalue weighted by atomic mass is 9.90. The van der Waals surface area contributed by atoms with Crippen molar-refractivity contribution in [1.29, 1.82) is 0 Å². The van der Waals surface area contributed by atoms with Gasteiger partial charge in [-0.15, -0.1) is 0 Å². The second kappa shape index (κ2) is 4.11. The average molecular weight is 195 g/mol. The molecular weight excluding hydrogens is 178 g/mol. The molecular formula is C10H17N3O. The van der Waals surface area contributed by atoms with Crippen molar-refractivity contribution < 1.29 is 5.11 Å². The van der Waals surface area contributed by atoms with E-state index in [0.717, 1.165) is 19.4 Å². The van der Waals surface area contributed by atoms with E-state index in [1.54, 1.807) is 0 Å². The summed E-state index contributed by atoms with van der Waals surface area (Å²) in [6.45, 7) is 1.29. The Bertz CT molecular complexity index is 297. The summed E-state index contributed by atoms with van der Waals surface area (Å²) in [4.78, 5) is 0. The predicted molar refractivity (Wildman–Crippen MR) is 53.8 cm³/mol. The molecule has 2 atom stereocenters. The van der Waals surface area contributed by atoms with Gasteiger partial charge in [0.25, 0.3) is 0 Å². The summed E-state index contributed by atoms with van der Waals surface area (Å²) in [6, 6.07) is 0.370. The van der Waals surface area contributed by atoms with Crippen molar-refractivity contribution in [2.75, 3.05) is 13.2 Å². The van der Waals surface area contributed by atoms with E-state index < -0.39 is 0 Å². The van der Waals surface area contributed by atoms with Crippen LogP contribution >= 0.6 is 0 Å². The van der Waals surface area contributed by atoms with Gasteiger partial charge in [0.2, 0.25) is 0 Å². The lowest BCUT2D eigenvalue weighted by Crippen LogP contribution is -2.32. The van der Waals surface area contributed by atoms with Crippen molar-refractivity contribution in [2.45, 2.75) is 18.9 Å². The van der Waals surface area contributed by atoms with Gasteiger partial charge in [0.1, 0.15) is 0 Å². The smallest absolute Gasteiger partial charge is 0.0537 e.